The smallest absolute Gasteiger partial charge is 0.313 e. The summed E-state index contributed by atoms with van der Waals surface area (Å²) in [6.07, 6.45) is 5.97. The van der Waals surface area contributed by atoms with Crippen molar-refractivity contribution in [2.75, 3.05) is 25.1 Å². The molecule has 2 fully saturated rings. The highest BCUT2D eigenvalue weighted by Crippen LogP contribution is 2.55. The molecule has 1 spiro atoms. The highest BCUT2D eigenvalue weighted by atomic mass is 16.6. The lowest BCUT2D eigenvalue weighted by molar-refractivity contribution is -0.164. The quantitative estimate of drug-likeness (QED) is 0.212. The SMILES string of the molecule is C[C@@H]1[C@@H](c2ccccc2)OC(=O)[C@@H]2[C@H]3C(=O)N([C@H](CO)c4ccccc4)[C@@H]4C(=O)N(c5ccc6ccccc6c5)CC=C[C@]34O[C@@H]2/C=C\CCC(=O)N1C. The molecule has 2 saturated heterocycles. The van der Waals surface area contributed by atoms with Crippen molar-refractivity contribution in [3.05, 3.63) is 139 Å². The van der Waals surface area contributed by atoms with Gasteiger partial charge in [0.15, 0.2) is 0 Å². The van der Waals surface area contributed by atoms with Gasteiger partial charge in [0, 0.05) is 25.7 Å². The van der Waals surface area contributed by atoms with Crippen LogP contribution in [-0.4, -0.2) is 82.6 Å². The Morgan fingerprint density at radius 3 is 2.30 bits per heavy atom. The zero-order valence-corrected chi connectivity index (χ0v) is 30.2. The number of esters is 1. The summed E-state index contributed by atoms with van der Waals surface area (Å²) in [5, 5.41) is 13.0. The van der Waals surface area contributed by atoms with E-state index in [0.717, 1.165) is 10.8 Å². The highest BCUT2D eigenvalue weighted by molar-refractivity contribution is 6.06. The minimum Gasteiger partial charge on any atom is -0.455 e. The summed E-state index contributed by atoms with van der Waals surface area (Å²) in [5.74, 6) is -3.94. The van der Waals surface area contributed by atoms with Gasteiger partial charge in [-0.1, -0.05) is 115 Å². The standard InChI is InChI=1S/C44H43N3O7/c1-28-39(31-17-7-4-8-18-31)53-43(52)37-35(20-11-12-21-36(49)45(28)2)54-44-24-13-25-46(33-23-22-29-14-9-10-19-32(29)26-33)42(51)40(44)47(41(50)38(37)44)34(27-48)30-15-5-3-6-16-30/h3-11,13-20,22-24,26,28,34-35,37-40,48H,12,21,25,27H2,1-2H3/b20-11-/t28-,34-,35-,37+,38+,39+,40-,44+/m1/s1. The Bertz CT molecular complexity index is 2140. The maximum Gasteiger partial charge on any atom is 0.313 e. The normalized spacial score (nSPS) is 29.8. The van der Waals surface area contributed by atoms with E-state index in [4.69, 9.17) is 9.47 Å². The molecule has 0 radical (unpaired) electrons. The van der Waals surface area contributed by atoms with E-state index in [1.807, 2.05) is 116 Å². The van der Waals surface area contributed by atoms with Gasteiger partial charge in [-0.3, -0.25) is 19.2 Å². The Morgan fingerprint density at radius 2 is 1.56 bits per heavy atom. The van der Waals surface area contributed by atoms with Gasteiger partial charge in [-0.15, -0.1) is 0 Å². The number of fused-ring (bicyclic) bond motifs is 3. The molecule has 0 aromatic heterocycles. The summed E-state index contributed by atoms with van der Waals surface area (Å²) >= 11 is 0. The number of amides is 3. The number of ether oxygens (including phenoxy) is 2. The maximum atomic E-state index is 15.2. The molecule has 0 aliphatic carbocycles. The van der Waals surface area contributed by atoms with Crippen molar-refractivity contribution in [3.63, 3.8) is 0 Å². The van der Waals surface area contributed by atoms with Gasteiger partial charge < -0.3 is 29.3 Å². The van der Waals surface area contributed by atoms with Crippen LogP contribution in [0.15, 0.2) is 127 Å². The lowest BCUT2D eigenvalue weighted by Crippen LogP contribution is -2.56. The number of benzene rings is 4. The molecule has 4 heterocycles. The third-order valence-corrected chi connectivity index (χ3v) is 11.6. The second kappa shape index (κ2) is 14.3. The molecule has 0 saturated carbocycles. The molecule has 8 atom stereocenters. The molecule has 10 nitrogen and oxygen atoms in total. The number of nitrogens with zero attached hydrogens (tertiary/aromatic N) is 3. The first-order valence-electron chi connectivity index (χ1n) is 18.5. The van der Waals surface area contributed by atoms with Crippen LogP contribution in [0.4, 0.5) is 5.69 Å². The fraction of sp³-hybridized carbons (Fsp3) is 0.318. The fourth-order valence-corrected chi connectivity index (χ4v) is 8.77. The number of likely N-dealkylation sites (N-methyl/N-ethyl adjacent to an activating group) is 1. The predicted octanol–water partition coefficient (Wildman–Crippen LogP) is 5.54. The summed E-state index contributed by atoms with van der Waals surface area (Å²) in [7, 11) is 1.70. The number of hydrogen-bond donors (Lipinski definition) is 1. The van der Waals surface area contributed by atoms with Crippen molar-refractivity contribution >= 4 is 40.2 Å². The molecule has 1 N–H and O–H groups in total. The van der Waals surface area contributed by atoms with Crippen LogP contribution in [0.1, 0.15) is 43.0 Å². The molecule has 3 amide bonds. The van der Waals surface area contributed by atoms with Crippen LogP contribution in [-0.2, 0) is 28.7 Å². The van der Waals surface area contributed by atoms with Crippen LogP contribution in [0, 0.1) is 11.8 Å². The largest absolute Gasteiger partial charge is 0.455 e. The van der Waals surface area contributed by atoms with Gasteiger partial charge >= 0.3 is 5.97 Å². The monoisotopic (exact) mass is 725 g/mol. The molecular weight excluding hydrogens is 682 g/mol. The Balaban J connectivity index is 1.26. The van der Waals surface area contributed by atoms with Crippen molar-refractivity contribution < 1.29 is 33.8 Å². The van der Waals surface area contributed by atoms with Gasteiger partial charge in [0.25, 0.3) is 5.91 Å². The number of hydrogen-bond acceptors (Lipinski definition) is 7. The third-order valence-electron chi connectivity index (χ3n) is 11.6. The van der Waals surface area contributed by atoms with Gasteiger partial charge in [-0.2, -0.15) is 0 Å². The average molecular weight is 726 g/mol. The van der Waals surface area contributed by atoms with Crippen LogP contribution in [0.25, 0.3) is 10.8 Å². The number of aliphatic hydroxyl groups excluding tert-OH is 1. The summed E-state index contributed by atoms with van der Waals surface area (Å²) in [4.78, 5) is 63.2. The number of aliphatic hydroxyl groups is 1. The number of rotatable bonds is 5. The van der Waals surface area contributed by atoms with E-state index in [9.17, 15) is 14.7 Å². The van der Waals surface area contributed by atoms with E-state index in [-0.39, 0.29) is 18.9 Å². The molecule has 276 valence electrons. The number of carbonyl (C=O) groups is 4. The minimum atomic E-state index is -1.58. The number of cyclic esters (lactones) is 1. The van der Waals surface area contributed by atoms with E-state index < -0.39 is 72.2 Å². The Hall–Kier alpha value is -5.58. The summed E-state index contributed by atoms with van der Waals surface area (Å²) < 4.78 is 13.3. The number of likely N-dealkylation sites (tertiary alicyclic amines) is 1. The van der Waals surface area contributed by atoms with Crippen molar-refractivity contribution in [2.24, 2.45) is 11.8 Å². The van der Waals surface area contributed by atoms with Gasteiger partial charge in [-0.25, -0.2) is 0 Å². The number of allylic oxidation sites excluding steroid dienone is 1. The molecule has 4 aromatic carbocycles. The van der Waals surface area contributed by atoms with Crippen molar-refractivity contribution in [3.8, 4) is 0 Å². The Kier molecular flexibility index (Phi) is 9.41. The molecule has 0 bridgehead atoms. The average Bonchev–Trinajstić information content (AvgIpc) is 3.59. The summed E-state index contributed by atoms with van der Waals surface area (Å²) in [6.45, 7) is 1.57. The van der Waals surface area contributed by atoms with E-state index in [1.165, 1.54) is 4.90 Å². The first kappa shape index (κ1) is 35.4. The van der Waals surface area contributed by atoms with Crippen molar-refractivity contribution in [1.82, 2.24) is 9.80 Å². The van der Waals surface area contributed by atoms with E-state index in [0.29, 0.717) is 23.2 Å². The van der Waals surface area contributed by atoms with E-state index in [2.05, 4.69) is 0 Å². The summed E-state index contributed by atoms with van der Waals surface area (Å²) in [5.41, 5.74) is 0.411. The second-order valence-electron chi connectivity index (χ2n) is 14.6. The van der Waals surface area contributed by atoms with Crippen LogP contribution in [0.5, 0.6) is 0 Å². The minimum absolute atomic E-state index is 0.100. The van der Waals surface area contributed by atoms with Crippen LogP contribution >= 0.6 is 0 Å². The topological polar surface area (TPSA) is 117 Å². The lowest BCUT2D eigenvalue weighted by Gasteiger charge is -2.38. The fourth-order valence-electron chi connectivity index (χ4n) is 8.77. The summed E-state index contributed by atoms with van der Waals surface area (Å²) in [6, 6.07) is 29.4. The molecule has 10 heteroatoms. The zero-order valence-electron chi connectivity index (χ0n) is 30.2. The first-order valence-corrected chi connectivity index (χ1v) is 18.5. The molecule has 4 aliphatic heterocycles. The number of carbonyl (C=O) groups excluding carboxylic acids is 4. The number of anilines is 1. The van der Waals surface area contributed by atoms with Gasteiger partial charge in [0.2, 0.25) is 11.8 Å². The molecule has 4 aliphatic rings. The molecule has 0 unspecified atom stereocenters. The first-order chi connectivity index (χ1) is 26.2. The second-order valence-corrected chi connectivity index (χ2v) is 14.6. The van der Waals surface area contributed by atoms with Gasteiger partial charge in [-0.05, 0) is 47.4 Å². The predicted molar refractivity (Wildman–Crippen MR) is 203 cm³/mol. The van der Waals surface area contributed by atoms with Gasteiger partial charge in [0.05, 0.1) is 30.7 Å². The Morgan fingerprint density at radius 1 is 0.852 bits per heavy atom. The van der Waals surface area contributed by atoms with Gasteiger partial charge in [0.1, 0.15) is 23.7 Å². The van der Waals surface area contributed by atoms with E-state index in [1.54, 1.807) is 35.1 Å². The van der Waals surface area contributed by atoms with Crippen LogP contribution in [0.2, 0.25) is 0 Å². The van der Waals surface area contributed by atoms with E-state index >= 15 is 9.59 Å². The third kappa shape index (κ3) is 5.90. The van der Waals surface area contributed by atoms with Crippen molar-refractivity contribution in [1.29, 1.82) is 0 Å². The zero-order chi connectivity index (χ0) is 37.6. The molecule has 4 aromatic rings. The van der Waals surface area contributed by atoms with Crippen molar-refractivity contribution in [2.45, 2.75) is 55.7 Å². The highest BCUT2D eigenvalue weighted by Gasteiger charge is 2.72. The molecule has 8 rings (SSSR count). The molecular formula is C44H43N3O7. The maximum absolute atomic E-state index is 15.2. The molecule has 54 heavy (non-hydrogen) atoms. The van der Waals surface area contributed by atoms with Crippen LogP contribution < -0.4 is 4.90 Å². The Labute approximate surface area is 314 Å². The van der Waals surface area contributed by atoms with Crippen LogP contribution in [0.3, 0.4) is 0 Å². The lowest BCUT2D eigenvalue weighted by atomic mass is 9.77.